The summed E-state index contributed by atoms with van der Waals surface area (Å²) in [7, 11) is -2.18. The summed E-state index contributed by atoms with van der Waals surface area (Å²) in [6, 6.07) is 7.68. The highest BCUT2D eigenvalue weighted by Crippen LogP contribution is 2.24. The molecule has 0 aliphatic heterocycles. The summed E-state index contributed by atoms with van der Waals surface area (Å²) in [5.41, 5.74) is 6.59. The lowest BCUT2D eigenvalue weighted by Crippen LogP contribution is -2.26. The molecule has 0 atom stereocenters. The van der Waals surface area contributed by atoms with E-state index in [1.165, 1.54) is 13.1 Å². The lowest BCUT2D eigenvalue weighted by Gasteiger charge is -2.16. The van der Waals surface area contributed by atoms with Crippen LogP contribution in [0, 0.1) is 5.82 Å². The first kappa shape index (κ1) is 15.1. The molecule has 4 nitrogen and oxygen atoms in total. The minimum absolute atomic E-state index is 0.00906. The lowest BCUT2D eigenvalue weighted by atomic mass is 10.2. The number of nitrogens with two attached hydrogens (primary N) is 1. The Balaban J connectivity index is 2.23. The topological polar surface area (TPSA) is 63.4 Å². The second-order valence-corrected chi connectivity index (χ2v) is 7.51. The highest BCUT2D eigenvalue weighted by Gasteiger charge is 2.23. The fourth-order valence-electron chi connectivity index (χ4n) is 1.70. The highest BCUT2D eigenvalue weighted by atomic mass is 32.2. The lowest BCUT2D eigenvalue weighted by molar-refractivity contribution is 0.458. The first-order valence-corrected chi connectivity index (χ1v) is 8.24. The Bertz CT molecular complexity index is 698. The molecular weight excluding hydrogens is 299 g/mol. The largest absolute Gasteiger partial charge is 0.326 e. The molecule has 20 heavy (non-hydrogen) atoms. The van der Waals surface area contributed by atoms with Gasteiger partial charge in [0.1, 0.15) is 10.0 Å². The van der Waals surface area contributed by atoms with Gasteiger partial charge in [0.2, 0.25) is 0 Å². The number of thiophene rings is 1. The number of hydrogen-bond acceptors (Lipinski definition) is 4. The Morgan fingerprint density at radius 2 is 2.05 bits per heavy atom. The van der Waals surface area contributed by atoms with Crippen LogP contribution in [0.4, 0.5) is 4.39 Å². The van der Waals surface area contributed by atoms with E-state index in [-0.39, 0.29) is 10.8 Å². The predicted molar refractivity (Wildman–Crippen MR) is 77.3 cm³/mol. The van der Waals surface area contributed by atoms with Gasteiger partial charge in [0.25, 0.3) is 10.0 Å². The third kappa shape index (κ3) is 3.06. The highest BCUT2D eigenvalue weighted by molar-refractivity contribution is 7.91. The molecule has 2 aromatic rings. The average Bonchev–Trinajstić information content (AvgIpc) is 2.90. The monoisotopic (exact) mass is 314 g/mol. The molecule has 0 amide bonds. The quantitative estimate of drug-likeness (QED) is 0.920. The van der Waals surface area contributed by atoms with Gasteiger partial charge in [-0.25, -0.2) is 12.8 Å². The van der Waals surface area contributed by atoms with E-state index >= 15 is 0 Å². The van der Waals surface area contributed by atoms with Gasteiger partial charge in [0.15, 0.2) is 0 Å². The molecule has 1 aromatic heterocycles. The number of halogens is 1. The second kappa shape index (κ2) is 6.01. The minimum atomic E-state index is -3.61. The van der Waals surface area contributed by atoms with Crippen molar-refractivity contribution in [2.75, 3.05) is 7.05 Å². The Hall–Kier alpha value is -1.28. The molecule has 2 N–H and O–H groups in total. The molecule has 0 radical (unpaired) electrons. The molecule has 7 heteroatoms. The summed E-state index contributed by atoms with van der Waals surface area (Å²) >= 11 is 1.12. The maximum atomic E-state index is 13.6. The van der Waals surface area contributed by atoms with Gasteiger partial charge in [-0.15, -0.1) is 11.3 Å². The van der Waals surface area contributed by atoms with Crippen molar-refractivity contribution in [2.45, 2.75) is 17.3 Å². The van der Waals surface area contributed by atoms with Gasteiger partial charge in [-0.2, -0.15) is 4.31 Å². The SMILES string of the molecule is CN(Cc1ccccc1F)S(=O)(=O)c1cc(CN)cs1. The van der Waals surface area contributed by atoms with E-state index in [2.05, 4.69) is 0 Å². The molecule has 108 valence electrons. The van der Waals surface area contributed by atoms with Crippen LogP contribution in [0.3, 0.4) is 0 Å². The zero-order chi connectivity index (χ0) is 14.8. The van der Waals surface area contributed by atoms with Crippen molar-refractivity contribution in [2.24, 2.45) is 5.73 Å². The Morgan fingerprint density at radius 1 is 1.35 bits per heavy atom. The van der Waals surface area contributed by atoms with Gasteiger partial charge in [-0.05, 0) is 23.1 Å². The van der Waals surface area contributed by atoms with Crippen molar-refractivity contribution in [3.05, 3.63) is 52.7 Å². The molecule has 0 fully saturated rings. The van der Waals surface area contributed by atoms with Crippen LogP contribution in [0.15, 0.2) is 39.9 Å². The fourth-order valence-corrected chi connectivity index (χ4v) is 4.28. The maximum absolute atomic E-state index is 13.6. The fraction of sp³-hybridized carbons (Fsp3) is 0.231. The number of nitrogens with zero attached hydrogens (tertiary/aromatic N) is 1. The maximum Gasteiger partial charge on any atom is 0.252 e. The molecule has 0 aliphatic rings. The number of rotatable bonds is 5. The summed E-state index contributed by atoms with van der Waals surface area (Å²) in [5.74, 6) is -0.414. The van der Waals surface area contributed by atoms with Crippen molar-refractivity contribution in [1.82, 2.24) is 4.31 Å². The van der Waals surface area contributed by atoms with Crippen molar-refractivity contribution < 1.29 is 12.8 Å². The summed E-state index contributed by atoms with van der Waals surface area (Å²) in [5, 5.41) is 1.71. The molecule has 0 bridgehead atoms. The molecule has 0 saturated heterocycles. The molecule has 0 saturated carbocycles. The van der Waals surface area contributed by atoms with Crippen molar-refractivity contribution in [1.29, 1.82) is 0 Å². The molecule has 1 heterocycles. The van der Waals surface area contributed by atoms with E-state index in [0.717, 1.165) is 21.2 Å². The zero-order valence-electron chi connectivity index (χ0n) is 10.9. The summed E-state index contributed by atoms with van der Waals surface area (Å²) in [4.78, 5) is 0. The molecule has 0 aliphatic carbocycles. The van der Waals surface area contributed by atoms with Crippen LogP contribution < -0.4 is 5.73 Å². The van der Waals surface area contributed by atoms with E-state index < -0.39 is 15.8 Å². The first-order chi connectivity index (χ1) is 9.45. The van der Waals surface area contributed by atoms with E-state index in [0.29, 0.717) is 12.1 Å². The van der Waals surface area contributed by atoms with Crippen LogP contribution in [-0.2, 0) is 23.1 Å². The smallest absolute Gasteiger partial charge is 0.252 e. The Morgan fingerprint density at radius 3 is 2.65 bits per heavy atom. The third-order valence-corrected chi connectivity index (χ3v) is 6.15. The summed E-state index contributed by atoms with van der Waals surface area (Å²) in [6.07, 6.45) is 0. The van der Waals surface area contributed by atoms with Gasteiger partial charge in [-0.1, -0.05) is 18.2 Å². The van der Waals surface area contributed by atoms with Gasteiger partial charge in [0.05, 0.1) is 0 Å². The normalized spacial score (nSPS) is 12.0. The molecule has 2 rings (SSSR count). The predicted octanol–water partition coefficient (Wildman–Crippen LogP) is 2.17. The molecule has 0 unspecified atom stereocenters. The van der Waals surface area contributed by atoms with Crippen LogP contribution >= 0.6 is 11.3 Å². The van der Waals surface area contributed by atoms with Crippen LogP contribution in [0.5, 0.6) is 0 Å². The zero-order valence-corrected chi connectivity index (χ0v) is 12.5. The average molecular weight is 314 g/mol. The van der Waals surface area contributed by atoms with Crippen molar-refractivity contribution in [3.63, 3.8) is 0 Å². The summed E-state index contributed by atoms with van der Waals surface area (Å²) in [6.45, 7) is 0.286. The Labute approximate surface area is 121 Å². The summed E-state index contributed by atoms with van der Waals surface area (Å²) < 4.78 is 39.6. The van der Waals surface area contributed by atoms with Gasteiger partial charge >= 0.3 is 0 Å². The van der Waals surface area contributed by atoms with Crippen molar-refractivity contribution >= 4 is 21.4 Å². The van der Waals surface area contributed by atoms with E-state index in [4.69, 9.17) is 5.73 Å². The molecule has 1 aromatic carbocycles. The van der Waals surface area contributed by atoms with Crippen LogP contribution in [0.2, 0.25) is 0 Å². The number of hydrogen-bond donors (Lipinski definition) is 1. The number of benzene rings is 1. The van der Waals surface area contributed by atoms with E-state index in [1.807, 2.05) is 0 Å². The van der Waals surface area contributed by atoms with Crippen LogP contribution in [0.1, 0.15) is 11.1 Å². The molecule has 0 spiro atoms. The number of sulfonamides is 1. The molecular formula is C13H15FN2O2S2. The standard InChI is InChI=1S/C13H15FN2O2S2/c1-16(8-11-4-2-3-5-12(11)14)20(17,18)13-6-10(7-15)9-19-13/h2-6,9H,7-8,15H2,1H3. The second-order valence-electron chi connectivity index (χ2n) is 4.33. The van der Waals surface area contributed by atoms with Crippen LogP contribution in [0.25, 0.3) is 0 Å². The van der Waals surface area contributed by atoms with Crippen molar-refractivity contribution in [3.8, 4) is 0 Å². The Kier molecular flexibility index (Phi) is 4.54. The van der Waals surface area contributed by atoms with Gasteiger partial charge in [0, 0.05) is 25.7 Å². The van der Waals surface area contributed by atoms with Gasteiger partial charge < -0.3 is 5.73 Å². The van der Waals surface area contributed by atoms with Crippen LogP contribution in [-0.4, -0.2) is 19.8 Å². The first-order valence-electron chi connectivity index (χ1n) is 5.92. The van der Waals surface area contributed by atoms with Gasteiger partial charge in [-0.3, -0.25) is 0 Å². The third-order valence-electron chi connectivity index (χ3n) is 2.88. The van der Waals surface area contributed by atoms with E-state index in [1.54, 1.807) is 29.6 Å². The van der Waals surface area contributed by atoms with E-state index in [9.17, 15) is 12.8 Å². The minimum Gasteiger partial charge on any atom is -0.326 e.